The first-order valence-electron chi connectivity index (χ1n) is 12.2. The van der Waals surface area contributed by atoms with Crippen LogP contribution in [0.2, 0.25) is 0 Å². The quantitative estimate of drug-likeness (QED) is 0.250. The summed E-state index contributed by atoms with van der Waals surface area (Å²) in [5.41, 5.74) is 3.64. The average Bonchev–Trinajstić information content (AvgIpc) is 3.45. The fraction of sp³-hybridized carbons (Fsp3) is 0.222. The number of hydrogen-bond acceptors (Lipinski definition) is 8. The molecule has 0 unspecified atom stereocenters. The second-order valence-electron chi connectivity index (χ2n) is 8.95. The van der Waals surface area contributed by atoms with E-state index in [4.69, 9.17) is 4.74 Å². The number of nitrogens with zero attached hydrogens (tertiary/aromatic N) is 6. The summed E-state index contributed by atoms with van der Waals surface area (Å²) in [5, 5.41) is 9.67. The molecule has 0 saturated carbocycles. The predicted molar refractivity (Wildman–Crippen MR) is 142 cm³/mol. The first-order chi connectivity index (χ1) is 18.7. The molecule has 4 heterocycles. The van der Waals surface area contributed by atoms with Gasteiger partial charge in [0.05, 0.1) is 23.0 Å². The van der Waals surface area contributed by atoms with Crippen molar-refractivity contribution in [1.82, 2.24) is 29.7 Å². The van der Waals surface area contributed by atoms with E-state index in [2.05, 4.69) is 35.7 Å². The molecular formula is C27H25F3N8O. The SMILES string of the molecule is CC(C)Oc1ccc(-c2ccc3nc(NCc4ccc(-n5cccn5)cc4)nc(NCC(F)(F)F)c3n2)cn1. The Balaban J connectivity index is 1.40. The minimum absolute atomic E-state index is 0.0224. The minimum atomic E-state index is -4.44. The first kappa shape index (κ1) is 25.9. The highest BCUT2D eigenvalue weighted by molar-refractivity contribution is 5.88. The number of ether oxygens (including phenoxy) is 1. The van der Waals surface area contributed by atoms with Crippen LogP contribution in [-0.4, -0.2) is 48.5 Å². The lowest BCUT2D eigenvalue weighted by molar-refractivity contribution is -0.115. The maximum Gasteiger partial charge on any atom is 0.405 e. The fourth-order valence-corrected chi connectivity index (χ4v) is 3.77. The van der Waals surface area contributed by atoms with Gasteiger partial charge in [-0.05, 0) is 55.8 Å². The Morgan fingerprint density at radius 1 is 0.949 bits per heavy atom. The molecule has 0 saturated heterocycles. The van der Waals surface area contributed by atoms with Crippen LogP contribution >= 0.6 is 0 Å². The van der Waals surface area contributed by atoms with Gasteiger partial charge in [0.15, 0.2) is 5.82 Å². The summed E-state index contributed by atoms with van der Waals surface area (Å²) in [7, 11) is 0. The Hall–Kier alpha value is -4.74. The number of benzene rings is 1. The zero-order valence-corrected chi connectivity index (χ0v) is 21.1. The molecule has 5 aromatic rings. The molecule has 5 rings (SSSR count). The smallest absolute Gasteiger partial charge is 0.405 e. The van der Waals surface area contributed by atoms with Gasteiger partial charge >= 0.3 is 6.18 Å². The van der Waals surface area contributed by atoms with Crippen molar-refractivity contribution >= 4 is 22.8 Å². The van der Waals surface area contributed by atoms with E-state index in [0.717, 1.165) is 11.3 Å². The zero-order valence-electron chi connectivity index (χ0n) is 21.1. The first-order valence-corrected chi connectivity index (χ1v) is 12.2. The summed E-state index contributed by atoms with van der Waals surface area (Å²) in [6, 6.07) is 16.5. The Morgan fingerprint density at radius 2 is 1.77 bits per heavy atom. The van der Waals surface area contributed by atoms with Gasteiger partial charge in [0.2, 0.25) is 11.8 Å². The highest BCUT2D eigenvalue weighted by atomic mass is 19.4. The van der Waals surface area contributed by atoms with Crippen LogP contribution in [0.5, 0.6) is 5.88 Å². The molecule has 9 nitrogen and oxygen atoms in total. The molecule has 0 aliphatic carbocycles. The molecule has 39 heavy (non-hydrogen) atoms. The Bertz CT molecular complexity index is 1540. The van der Waals surface area contributed by atoms with E-state index < -0.39 is 12.7 Å². The molecular weight excluding hydrogens is 509 g/mol. The molecule has 0 spiro atoms. The molecule has 0 atom stereocenters. The zero-order chi connectivity index (χ0) is 27.4. The second-order valence-corrected chi connectivity index (χ2v) is 8.95. The number of hydrogen-bond donors (Lipinski definition) is 2. The van der Waals surface area contributed by atoms with Gasteiger partial charge in [-0.15, -0.1) is 0 Å². The Labute approximate surface area is 222 Å². The summed E-state index contributed by atoms with van der Waals surface area (Å²) in [4.78, 5) is 17.6. The van der Waals surface area contributed by atoms with Crippen LogP contribution in [0.3, 0.4) is 0 Å². The van der Waals surface area contributed by atoms with Crippen molar-refractivity contribution < 1.29 is 17.9 Å². The third kappa shape index (κ3) is 6.58. The molecule has 0 aliphatic rings. The van der Waals surface area contributed by atoms with E-state index in [1.807, 2.05) is 50.4 Å². The van der Waals surface area contributed by atoms with Crippen LogP contribution < -0.4 is 15.4 Å². The van der Waals surface area contributed by atoms with Crippen molar-refractivity contribution in [3.05, 3.63) is 78.8 Å². The van der Waals surface area contributed by atoms with Gasteiger partial charge in [-0.3, -0.25) is 0 Å². The maximum atomic E-state index is 13.1. The topological polar surface area (TPSA) is 103 Å². The van der Waals surface area contributed by atoms with Crippen LogP contribution in [0.15, 0.2) is 73.2 Å². The summed E-state index contributed by atoms with van der Waals surface area (Å²) < 4.78 is 46.5. The van der Waals surface area contributed by atoms with Crippen LogP contribution in [0.25, 0.3) is 28.0 Å². The maximum absolute atomic E-state index is 13.1. The van der Waals surface area contributed by atoms with Crippen LogP contribution in [0.1, 0.15) is 19.4 Å². The fourth-order valence-electron chi connectivity index (χ4n) is 3.77. The Morgan fingerprint density at radius 3 is 2.44 bits per heavy atom. The Kier molecular flexibility index (Phi) is 7.26. The molecule has 4 aromatic heterocycles. The van der Waals surface area contributed by atoms with E-state index >= 15 is 0 Å². The summed E-state index contributed by atoms with van der Waals surface area (Å²) in [5.74, 6) is 0.621. The van der Waals surface area contributed by atoms with Crippen molar-refractivity contribution in [2.45, 2.75) is 32.7 Å². The molecule has 0 fully saturated rings. The van der Waals surface area contributed by atoms with Gasteiger partial charge in [-0.2, -0.15) is 23.3 Å². The number of rotatable bonds is 9. The van der Waals surface area contributed by atoms with Gasteiger partial charge in [0.1, 0.15) is 12.1 Å². The van der Waals surface area contributed by atoms with Gasteiger partial charge < -0.3 is 15.4 Å². The number of alkyl halides is 3. The third-order valence-corrected chi connectivity index (χ3v) is 5.54. The van der Waals surface area contributed by atoms with Crippen LogP contribution in [-0.2, 0) is 6.54 Å². The number of fused-ring (bicyclic) bond motifs is 1. The number of anilines is 2. The monoisotopic (exact) mass is 534 g/mol. The van der Waals surface area contributed by atoms with Gasteiger partial charge in [0, 0.05) is 36.8 Å². The molecule has 12 heteroatoms. The highest BCUT2D eigenvalue weighted by Gasteiger charge is 2.27. The number of pyridine rings is 2. The van der Waals surface area contributed by atoms with Crippen molar-refractivity contribution in [3.8, 4) is 22.8 Å². The molecule has 1 aromatic carbocycles. The number of aromatic nitrogens is 6. The summed E-state index contributed by atoms with van der Waals surface area (Å²) in [6.07, 6.45) is 0.686. The van der Waals surface area contributed by atoms with Crippen molar-refractivity contribution in [2.24, 2.45) is 0 Å². The van der Waals surface area contributed by atoms with E-state index in [1.54, 1.807) is 41.3 Å². The van der Waals surface area contributed by atoms with Crippen LogP contribution in [0, 0.1) is 0 Å². The third-order valence-electron chi connectivity index (χ3n) is 5.54. The highest BCUT2D eigenvalue weighted by Crippen LogP contribution is 2.27. The molecule has 0 bridgehead atoms. The van der Waals surface area contributed by atoms with E-state index in [-0.39, 0.29) is 23.4 Å². The van der Waals surface area contributed by atoms with Crippen LogP contribution in [0.4, 0.5) is 24.9 Å². The van der Waals surface area contributed by atoms with Crippen molar-refractivity contribution in [2.75, 3.05) is 17.2 Å². The van der Waals surface area contributed by atoms with E-state index in [9.17, 15) is 13.2 Å². The van der Waals surface area contributed by atoms with E-state index in [1.165, 1.54) is 0 Å². The van der Waals surface area contributed by atoms with Gasteiger partial charge in [-0.25, -0.2) is 19.6 Å². The molecule has 200 valence electrons. The molecule has 2 N–H and O–H groups in total. The standard InChI is InChI=1S/C27H25F3N8O/c1-17(2)39-23-11-6-19(15-31-23)21-9-10-22-24(35-21)25(33-16-27(28,29)30)37-26(36-22)32-14-18-4-7-20(8-5-18)38-13-3-12-34-38/h3-13,15,17H,14,16H2,1-2H3,(H2,32,33,36,37). The number of nitrogens with one attached hydrogen (secondary N) is 2. The normalized spacial score (nSPS) is 11.6. The average molecular weight is 535 g/mol. The summed E-state index contributed by atoms with van der Waals surface area (Å²) in [6.45, 7) is 2.91. The second kappa shape index (κ2) is 10.9. The van der Waals surface area contributed by atoms with Crippen molar-refractivity contribution in [3.63, 3.8) is 0 Å². The minimum Gasteiger partial charge on any atom is -0.475 e. The van der Waals surface area contributed by atoms with E-state index in [0.29, 0.717) is 29.2 Å². The largest absolute Gasteiger partial charge is 0.475 e. The predicted octanol–water partition coefficient (Wildman–Crippen LogP) is 5.65. The lowest BCUT2D eigenvalue weighted by Crippen LogP contribution is -2.22. The lowest BCUT2D eigenvalue weighted by atomic mass is 10.2. The number of halogens is 3. The van der Waals surface area contributed by atoms with Crippen molar-refractivity contribution in [1.29, 1.82) is 0 Å². The molecule has 0 aliphatic heterocycles. The van der Waals surface area contributed by atoms with Gasteiger partial charge in [-0.1, -0.05) is 12.1 Å². The van der Waals surface area contributed by atoms with Gasteiger partial charge in [0.25, 0.3) is 0 Å². The summed E-state index contributed by atoms with van der Waals surface area (Å²) >= 11 is 0. The molecule has 0 amide bonds. The molecule has 0 radical (unpaired) electrons. The lowest BCUT2D eigenvalue weighted by Gasteiger charge is -2.14.